The second kappa shape index (κ2) is 11.2. The van der Waals surface area contributed by atoms with Crippen molar-refractivity contribution in [3.63, 3.8) is 0 Å². The van der Waals surface area contributed by atoms with Crippen LogP contribution in [0.1, 0.15) is 0 Å². The number of hydrogen-bond donors (Lipinski definition) is 0. The van der Waals surface area contributed by atoms with Crippen LogP contribution in [0, 0.1) is 0 Å². The summed E-state index contributed by atoms with van der Waals surface area (Å²) in [6, 6.07) is 25.2. The standard InChI is InChI=1S/C34H18N8O4S2/c43-31-27-23(25-29(47-27)37-17-15-35-25)39-33(41(31)19-7-3-1-4-8-19)45-21-11-13-22(14-12-21)46-34-40-24-26-30(38-18-16-36-26)48-28(24)32(44)42(34)20-9-5-2-6-10-20/h1-18H. The Morgan fingerprint density at radius 2 is 0.875 bits per heavy atom. The highest BCUT2D eigenvalue weighted by atomic mass is 32.1. The van der Waals surface area contributed by atoms with Crippen molar-refractivity contribution in [2.45, 2.75) is 0 Å². The molecule has 0 aliphatic rings. The maximum atomic E-state index is 13.8. The van der Waals surface area contributed by atoms with Crippen molar-refractivity contribution in [1.82, 2.24) is 39.0 Å². The molecule has 0 spiro atoms. The Morgan fingerprint density at radius 3 is 1.29 bits per heavy atom. The fraction of sp³-hybridized carbons (Fsp3) is 0. The molecule has 0 radical (unpaired) electrons. The topological polar surface area (TPSA) is 140 Å². The molecular weight excluding hydrogens is 649 g/mol. The van der Waals surface area contributed by atoms with E-state index < -0.39 is 0 Å². The average Bonchev–Trinajstić information content (AvgIpc) is 3.69. The van der Waals surface area contributed by atoms with Crippen LogP contribution in [0.4, 0.5) is 0 Å². The van der Waals surface area contributed by atoms with Gasteiger partial charge in [0, 0.05) is 24.8 Å². The first kappa shape index (κ1) is 27.9. The highest BCUT2D eigenvalue weighted by molar-refractivity contribution is 7.25. The number of para-hydroxylation sites is 2. The molecule has 0 aliphatic heterocycles. The van der Waals surface area contributed by atoms with Gasteiger partial charge in [-0.25, -0.2) is 29.1 Å². The van der Waals surface area contributed by atoms with E-state index in [2.05, 4.69) is 19.9 Å². The van der Waals surface area contributed by atoms with Gasteiger partial charge >= 0.3 is 12.0 Å². The Labute approximate surface area is 276 Å². The summed E-state index contributed by atoms with van der Waals surface area (Å²) in [7, 11) is 0. The first-order valence-electron chi connectivity index (χ1n) is 14.5. The molecule has 0 saturated heterocycles. The Kier molecular flexibility index (Phi) is 6.48. The fourth-order valence-corrected chi connectivity index (χ4v) is 7.27. The summed E-state index contributed by atoms with van der Waals surface area (Å²) < 4.78 is 16.2. The van der Waals surface area contributed by atoms with Crippen LogP contribution in [0.3, 0.4) is 0 Å². The number of hydrogen-bond acceptors (Lipinski definition) is 12. The van der Waals surface area contributed by atoms with E-state index in [-0.39, 0.29) is 23.1 Å². The van der Waals surface area contributed by atoms with Crippen molar-refractivity contribution in [1.29, 1.82) is 0 Å². The van der Waals surface area contributed by atoms with Crippen molar-refractivity contribution in [3.05, 3.63) is 130 Å². The van der Waals surface area contributed by atoms with Gasteiger partial charge in [-0.05, 0) is 48.5 Å². The maximum absolute atomic E-state index is 13.8. The average molecular weight is 667 g/mol. The number of nitrogens with zero attached hydrogens (tertiary/aromatic N) is 8. The molecule has 12 nitrogen and oxygen atoms in total. The molecule has 48 heavy (non-hydrogen) atoms. The largest absolute Gasteiger partial charge is 0.425 e. The lowest BCUT2D eigenvalue weighted by atomic mass is 10.3. The normalized spacial score (nSPS) is 11.5. The smallest absolute Gasteiger partial charge is 0.310 e. The summed E-state index contributed by atoms with van der Waals surface area (Å²) in [5, 5.41) is 0. The molecule has 0 bridgehead atoms. The lowest BCUT2D eigenvalue weighted by Crippen LogP contribution is -2.20. The summed E-state index contributed by atoms with van der Waals surface area (Å²) >= 11 is 2.48. The first-order valence-corrected chi connectivity index (χ1v) is 16.1. The van der Waals surface area contributed by atoms with E-state index >= 15 is 0 Å². The number of ether oxygens (including phenoxy) is 2. The van der Waals surface area contributed by atoms with Crippen LogP contribution >= 0.6 is 22.7 Å². The Morgan fingerprint density at radius 1 is 0.479 bits per heavy atom. The van der Waals surface area contributed by atoms with Crippen LogP contribution in [0.25, 0.3) is 52.5 Å². The summed E-state index contributed by atoms with van der Waals surface area (Å²) in [5.41, 5.74) is 2.49. The highest BCUT2D eigenvalue weighted by Gasteiger charge is 2.22. The molecule has 14 heteroatoms. The molecule has 0 unspecified atom stereocenters. The molecular formula is C34H18N8O4S2. The third kappa shape index (κ3) is 4.58. The minimum atomic E-state index is -0.294. The van der Waals surface area contributed by atoms with Crippen LogP contribution in [0.2, 0.25) is 0 Å². The Bertz CT molecular complexity index is 2590. The van der Waals surface area contributed by atoms with Gasteiger partial charge in [0.15, 0.2) is 0 Å². The summed E-state index contributed by atoms with van der Waals surface area (Å²) in [5.74, 6) is 0.790. The molecule has 0 saturated carbocycles. The summed E-state index contributed by atoms with van der Waals surface area (Å²) in [6.07, 6.45) is 6.29. The predicted octanol–water partition coefficient (Wildman–Crippen LogP) is 6.68. The molecule has 6 heterocycles. The minimum absolute atomic E-state index is 0.0631. The maximum Gasteiger partial charge on any atom is 0.310 e. The highest BCUT2D eigenvalue weighted by Crippen LogP contribution is 2.34. The summed E-state index contributed by atoms with van der Waals surface area (Å²) in [4.78, 5) is 55.9. The predicted molar refractivity (Wildman–Crippen MR) is 183 cm³/mol. The van der Waals surface area contributed by atoms with Crippen molar-refractivity contribution in [3.8, 4) is 34.9 Å². The Hall–Kier alpha value is -6.38. The van der Waals surface area contributed by atoms with E-state index in [1.807, 2.05) is 36.4 Å². The van der Waals surface area contributed by atoms with Crippen LogP contribution in [0.5, 0.6) is 23.5 Å². The fourth-order valence-electron chi connectivity index (χ4n) is 5.33. The van der Waals surface area contributed by atoms with Gasteiger partial charge in [0.1, 0.15) is 52.6 Å². The van der Waals surface area contributed by atoms with E-state index in [0.717, 1.165) is 0 Å². The third-order valence-electron chi connectivity index (χ3n) is 7.47. The minimum Gasteiger partial charge on any atom is -0.425 e. The number of rotatable bonds is 6. The molecule has 0 atom stereocenters. The van der Waals surface area contributed by atoms with Crippen LogP contribution in [0.15, 0.2) is 119 Å². The van der Waals surface area contributed by atoms with E-state index in [9.17, 15) is 9.59 Å². The van der Waals surface area contributed by atoms with Crippen molar-refractivity contribution >= 4 is 63.8 Å². The molecule has 6 aromatic heterocycles. The molecule has 0 fully saturated rings. The number of fused-ring (bicyclic) bond motifs is 6. The van der Waals surface area contributed by atoms with E-state index in [1.54, 1.807) is 73.3 Å². The zero-order valence-electron chi connectivity index (χ0n) is 24.4. The third-order valence-corrected chi connectivity index (χ3v) is 9.60. The van der Waals surface area contributed by atoms with E-state index in [0.29, 0.717) is 64.0 Å². The van der Waals surface area contributed by atoms with Gasteiger partial charge in [-0.3, -0.25) is 9.59 Å². The van der Waals surface area contributed by atoms with Gasteiger partial charge in [0.25, 0.3) is 11.1 Å². The number of benzene rings is 3. The lowest BCUT2D eigenvalue weighted by Gasteiger charge is -2.14. The molecule has 0 aliphatic carbocycles. The monoisotopic (exact) mass is 666 g/mol. The van der Waals surface area contributed by atoms with Gasteiger partial charge < -0.3 is 9.47 Å². The van der Waals surface area contributed by atoms with E-state index in [1.165, 1.54) is 31.8 Å². The molecule has 3 aromatic carbocycles. The summed E-state index contributed by atoms with van der Waals surface area (Å²) in [6.45, 7) is 0. The van der Waals surface area contributed by atoms with Gasteiger partial charge in [0.2, 0.25) is 0 Å². The van der Waals surface area contributed by atoms with Crippen molar-refractivity contribution in [2.75, 3.05) is 0 Å². The van der Waals surface area contributed by atoms with Gasteiger partial charge in [0.05, 0.1) is 11.4 Å². The van der Waals surface area contributed by atoms with Gasteiger partial charge in [-0.15, -0.1) is 22.7 Å². The first-order chi connectivity index (χ1) is 23.6. The second-order valence-corrected chi connectivity index (χ2v) is 12.4. The van der Waals surface area contributed by atoms with Gasteiger partial charge in [-0.1, -0.05) is 36.4 Å². The molecule has 230 valence electrons. The number of aromatic nitrogens is 8. The molecule has 0 N–H and O–H groups in total. The molecule has 9 rings (SSSR count). The van der Waals surface area contributed by atoms with Crippen molar-refractivity contribution in [2.24, 2.45) is 0 Å². The van der Waals surface area contributed by atoms with Crippen molar-refractivity contribution < 1.29 is 9.47 Å². The zero-order chi connectivity index (χ0) is 32.2. The number of thiophene rings is 2. The van der Waals surface area contributed by atoms with Gasteiger partial charge in [-0.2, -0.15) is 9.97 Å². The Balaban J connectivity index is 1.12. The van der Waals surface area contributed by atoms with Crippen LogP contribution < -0.4 is 20.6 Å². The molecule has 9 aromatic rings. The van der Waals surface area contributed by atoms with Crippen LogP contribution in [-0.4, -0.2) is 39.0 Å². The quantitative estimate of drug-likeness (QED) is 0.189. The van der Waals surface area contributed by atoms with E-state index in [4.69, 9.17) is 19.4 Å². The molecule has 0 amide bonds. The lowest BCUT2D eigenvalue weighted by molar-refractivity contribution is 0.416. The zero-order valence-corrected chi connectivity index (χ0v) is 26.1. The SMILES string of the molecule is O=c1c2sc3nccnc3c2nc(Oc2ccc(Oc3nc4c(sc5nccnc54)c(=O)n3-c3ccccc3)cc2)n1-c1ccccc1. The second-order valence-electron chi connectivity index (χ2n) is 10.4. The van der Waals surface area contributed by atoms with Crippen LogP contribution in [-0.2, 0) is 0 Å².